The first-order chi connectivity index (χ1) is 30.2. The van der Waals surface area contributed by atoms with E-state index in [0.717, 1.165) is 94.5 Å². The molecule has 0 bridgehead atoms. The van der Waals surface area contributed by atoms with Gasteiger partial charge in [-0.2, -0.15) is 0 Å². The minimum absolute atomic E-state index is 0.568. The normalized spacial score (nSPS) is 11.3. The zero-order chi connectivity index (χ0) is 40.5. The van der Waals surface area contributed by atoms with Crippen molar-refractivity contribution in [2.24, 2.45) is 0 Å². The SMILES string of the molecule is c1ccc(-c2cccc(-c3nc(-c4cccc(-c5ccccc5)c4)nc(-c4cccc(-c5c(-c6ccccc6)oc6c5c(-c5ccccc5)nc5ccccc56)c4)n3)c2)cc1. The van der Waals surface area contributed by atoms with Crippen molar-refractivity contribution in [3.63, 3.8) is 0 Å². The van der Waals surface area contributed by atoms with Crippen molar-refractivity contribution >= 4 is 21.9 Å². The third-order valence-electron chi connectivity index (χ3n) is 11.1. The summed E-state index contributed by atoms with van der Waals surface area (Å²) in [4.78, 5) is 20.9. The molecule has 0 aliphatic carbocycles. The molecule has 3 heterocycles. The van der Waals surface area contributed by atoms with E-state index in [1.165, 1.54) is 0 Å². The number of rotatable bonds is 8. The van der Waals surface area contributed by atoms with Crippen LogP contribution in [0.1, 0.15) is 0 Å². The van der Waals surface area contributed by atoms with Gasteiger partial charge >= 0.3 is 0 Å². The van der Waals surface area contributed by atoms with Crippen LogP contribution in [0.25, 0.3) is 112 Å². The Kier molecular flexibility index (Phi) is 9.10. The van der Waals surface area contributed by atoms with E-state index in [2.05, 4.69) is 164 Å². The van der Waals surface area contributed by atoms with E-state index in [4.69, 9.17) is 24.4 Å². The predicted octanol–water partition coefficient (Wildman–Crippen LogP) is 14.5. The Balaban J connectivity index is 1.14. The average Bonchev–Trinajstić information content (AvgIpc) is 3.76. The van der Waals surface area contributed by atoms with E-state index >= 15 is 0 Å². The number of nitrogens with zero attached hydrogens (tertiary/aromatic N) is 4. The minimum Gasteiger partial charge on any atom is -0.455 e. The molecular formula is C56H36N4O. The van der Waals surface area contributed by atoms with E-state index in [1.54, 1.807) is 0 Å². The fourth-order valence-electron chi connectivity index (χ4n) is 8.17. The Morgan fingerprint density at radius 2 is 0.689 bits per heavy atom. The van der Waals surface area contributed by atoms with Crippen LogP contribution in [0, 0.1) is 0 Å². The van der Waals surface area contributed by atoms with Crippen LogP contribution in [0.4, 0.5) is 0 Å². The van der Waals surface area contributed by atoms with Gasteiger partial charge in [0.2, 0.25) is 0 Å². The highest BCUT2D eigenvalue weighted by atomic mass is 16.3. The summed E-state index contributed by atoms with van der Waals surface area (Å²) in [5.74, 6) is 2.52. The van der Waals surface area contributed by atoms with Gasteiger partial charge in [0.25, 0.3) is 0 Å². The van der Waals surface area contributed by atoms with Crippen molar-refractivity contribution in [2.45, 2.75) is 0 Å². The Labute approximate surface area is 353 Å². The Hall–Kier alpha value is -8.28. The summed E-state index contributed by atoms with van der Waals surface area (Å²) in [6.45, 7) is 0. The fourth-order valence-corrected chi connectivity index (χ4v) is 8.17. The second-order valence-electron chi connectivity index (χ2n) is 15.0. The van der Waals surface area contributed by atoms with Gasteiger partial charge in [-0.3, -0.25) is 0 Å². The maximum atomic E-state index is 7.03. The molecule has 0 atom stereocenters. The summed E-state index contributed by atoms with van der Waals surface area (Å²) >= 11 is 0. The lowest BCUT2D eigenvalue weighted by Gasteiger charge is -2.12. The molecule has 0 unspecified atom stereocenters. The average molecular weight is 781 g/mol. The van der Waals surface area contributed by atoms with Gasteiger partial charge in [-0.05, 0) is 58.1 Å². The number of aromatic nitrogens is 4. The number of pyridine rings is 1. The molecule has 0 aliphatic rings. The lowest BCUT2D eigenvalue weighted by Crippen LogP contribution is -2.00. The molecule has 61 heavy (non-hydrogen) atoms. The number of fused-ring (bicyclic) bond motifs is 3. The molecule has 11 rings (SSSR count). The van der Waals surface area contributed by atoms with Crippen LogP contribution in [0.5, 0.6) is 0 Å². The highest BCUT2D eigenvalue weighted by Gasteiger charge is 2.25. The summed E-state index contributed by atoms with van der Waals surface area (Å²) in [5, 5.41) is 1.91. The molecule has 0 saturated heterocycles. The van der Waals surface area contributed by atoms with Crippen LogP contribution in [0.15, 0.2) is 223 Å². The first-order valence-corrected chi connectivity index (χ1v) is 20.4. The zero-order valence-corrected chi connectivity index (χ0v) is 33.0. The van der Waals surface area contributed by atoms with Crippen molar-refractivity contribution < 1.29 is 4.42 Å². The molecule has 3 aromatic heterocycles. The highest BCUT2D eigenvalue weighted by molar-refractivity contribution is 6.17. The molecule has 286 valence electrons. The van der Waals surface area contributed by atoms with E-state index < -0.39 is 0 Å². The van der Waals surface area contributed by atoms with Crippen LogP contribution in [-0.4, -0.2) is 19.9 Å². The number of para-hydroxylation sites is 1. The highest BCUT2D eigenvalue weighted by Crippen LogP contribution is 2.47. The van der Waals surface area contributed by atoms with E-state index in [0.29, 0.717) is 17.5 Å². The van der Waals surface area contributed by atoms with Crippen molar-refractivity contribution in [3.05, 3.63) is 218 Å². The molecule has 0 fully saturated rings. The molecule has 0 spiro atoms. The summed E-state index contributed by atoms with van der Waals surface area (Å²) in [6, 6.07) is 74.9. The first kappa shape index (κ1) is 35.8. The van der Waals surface area contributed by atoms with E-state index in [9.17, 15) is 0 Å². The number of furan rings is 1. The Morgan fingerprint density at radius 1 is 0.295 bits per heavy atom. The topological polar surface area (TPSA) is 64.7 Å². The summed E-state index contributed by atoms with van der Waals surface area (Å²) in [7, 11) is 0. The van der Waals surface area contributed by atoms with Crippen LogP contribution in [-0.2, 0) is 0 Å². The van der Waals surface area contributed by atoms with Gasteiger partial charge in [0.15, 0.2) is 17.5 Å². The lowest BCUT2D eigenvalue weighted by atomic mass is 9.94. The summed E-state index contributed by atoms with van der Waals surface area (Å²) < 4.78 is 7.03. The van der Waals surface area contributed by atoms with Crippen molar-refractivity contribution in [3.8, 4) is 90.1 Å². The predicted molar refractivity (Wildman–Crippen MR) is 248 cm³/mol. The maximum absolute atomic E-state index is 7.03. The molecule has 8 aromatic carbocycles. The summed E-state index contributed by atoms with van der Waals surface area (Å²) in [5.41, 5.74) is 13.5. The second kappa shape index (κ2) is 15.5. The molecule has 5 heteroatoms. The van der Waals surface area contributed by atoms with Crippen molar-refractivity contribution in [1.29, 1.82) is 0 Å². The van der Waals surface area contributed by atoms with Gasteiger partial charge in [0.05, 0.1) is 16.6 Å². The van der Waals surface area contributed by atoms with Crippen molar-refractivity contribution in [1.82, 2.24) is 19.9 Å². The van der Waals surface area contributed by atoms with Crippen LogP contribution >= 0.6 is 0 Å². The number of benzene rings is 8. The molecule has 0 saturated carbocycles. The van der Waals surface area contributed by atoms with Gasteiger partial charge in [-0.25, -0.2) is 19.9 Å². The van der Waals surface area contributed by atoms with Crippen molar-refractivity contribution in [2.75, 3.05) is 0 Å². The smallest absolute Gasteiger partial charge is 0.164 e. The molecule has 0 N–H and O–H groups in total. The standard InChI is InChI=1S/C56H36N4O/c1-5-18-37(19-6-1)41-26-15-29-44(34-41)54-58-55(45-30-16-27-42(35-45)38-20-7-2-8-21-38)60-56(59-54)46-31-17-28-43(36-46)49-50-51(39-22-9-3-10-23-39)57-48-33-14-13-32-47(48)53(50)61-52(49)40-24-11-4-12-25-40/h1-36H. The van der Waals surface area contributed by atoms with Gasteiger partial charge in [0.1, 0.15) is 11.3 Å². The third-order valence-corrected chi connectivity index (χ3v) is 11.1. The molecule has 0 aliphatic heterocycles. The van der Waals surface area contributed by atoms with Crippen LogP contribution in [0.2, 0.25) is 0 Å². The molecule has 0 radical (unpaired) electrons. The largest absolute Gasteiger partial charge is 0.455 e. The van der Waals surface area contributed by atoms with Crippen LogP contribution in [0.3, 0.4) is 0 Å². The van der Waals surface area contributed by atoms with Gasteiger partial charge in [-0.1, -0.05) is 188 Å². The quantitative estimate of drug-likeness (QED) is 0.154. The third kappa shape index (κ3) is 6.84. The monoisotopic (exact) mass is 780 g/mol. The molecule has 5 nitrogen and oxygen atoms in total. The van der Waals surface area contributed by atoms with Gasteiger partial charge in [0, 0.05) is 38.8 Å². The fraction of sp³-hybridized carbons (Fsp3) is 0. The zero-order valence-electron chi connectivity index (χ0n) is 33.0. The second-order valence-corrected chi connectivity index (χ2v) is 15.0. The number of hydrogen-bond acceptors (Lipinski definition) is 5. The molecular weight excluding hydrogens is 745 g/mol. The lowest BCUT2D eigenvalue weighted by molar-refractivity contribution is 0.636. The van der Waals surface area contributed by atoms with Crippen LogP contribution < -0.4 is 0 Å². The van der Waals surface area contributed by atoms with E-state index in [-0.39, 0.29) is 0 Å². The van der Waals surface area contributed by atoms with Gasteiger partial charge in [-0.15, -0.1) is 0 Å². The van der Waals surface area contributed by atoms with Gasteiger partial charge < -0.3 is 4.42 Å². The first-order valence-electron chi connectivity index (χ1n) is 20.4. The maximum Gasteiger partial charge on any atom is 0.164 e. The minimum atomic E-state index is 0.568. The molecule has 11 aromatic rings. The Bertz CT molecular complexity index is 3240. The summed E-state index contributed by atoms with van der Waals surface area (Å²) in [6.07, 6.45) is 0. The molecule has 0 amide bonds. The number of hydrogen-bond donors (Lipinski definition) is 0. The van der Waals surface area contributed by atoms with E-state index in [1.807, 2.05) is 54.6 Å². The Morgan fingerprint density at radius 3 is 1.21 bits per heavy atom.